The molecule has 0 aliphatic rings. The lowest BCUT2D eigenvalue weighted by molar-refractivity contribution is 0.0693. The third kappa shape index (κ3) is 3.48. The molecular weight excluding hydrogens is 386 g/mol. The first-order valence-corrected chi connectivity index (χ1v) is 8.66. The molecule has 23 heavy (non-hydrogen) atoms. The Morgan fingerprint density at radius 1 is 1.17 bits per heavy atom. The van der Waals surface area contributed by atoms with E-state index in [0.717, 1.165) is 14.8 Å². The van der Waals surface area contributed by atoms with Crippen molar-refractivity contribution in [2.24, 2.45) is 0 Å². The number of sulfonamides is 1. The standard InChI is InChI=1S/C15H14BrNO5S/c1-17(11-5-3-10(16)4-6-11)23(20,21)12-7-8-14(22-2)13(9-12)15(18)19/h3-9H,1-2H3,(H,18,19). The summed E-state index contributed by atoms with van der Waals surface area (Å²) in [5.41, 5.74) is 0.249. The number of benzene rings is 2. The summed E-state index contributed by atoms with van der Waals surface area (Å²) in [6.45, 7) is 0. The SMILES string of the molecule is COc1ccc(S(=O)(=O)N(C)c2ccc(Br)cc2)cc1C(=O)O. The Kier molecular flexibility index (Phi) is 4.96. The number of aromatic carboxylic acids is 1. The Hall–Kier alpha value is -2.06. The van der Waals surface area contributed by atoms with Crippen molar-refractivity contribution in [2.75, 3.05) is 18.5 Å². The highest BCUT2D eigenvalue weighted by molar-refractivity contribution is 9.10. The second kappa shape index (κ2) is 6.59. The Bertz CT molecular complexity index is 833. The molecule has 2 aromatic rings. The van der Waals surface area contributed by atoms with Gasteiger partial charge in [0.05, 0.1) is 17.7 Å². The van der Waals surface area contributed by atoms with Gasteiger partial charge in [-0.25, -0.2) is 13.2 Å². The van der Waals surface area contributed by atoms with Gasteiger partial charge in [-0.05, 0) is 42.5 Å². The van der Waals surface area contributed by atoms with E-state index in [-0.39, 0.29) is 16.2 Å². The summed E-state index contributed by atoms with van der Waals surface area (Å²) < 4.78 is 32.2. The molecule has 0 spiro atoms. The molecule has 0 atom stereocenters. The summed E-state index contributed by atoms with van der Waals surface area (Å²) in [4.78, 5) is 11.1. The molecule has 122 valence electrons. The molecule has 0 bridgehead atoms. The molecule has 0 aliphatic heterocycles. The first-order chi connectivity index (χ1) is 10.8. The average molecular weight is 400 g/mol. The predicted octanol–water partition coefficient (Wildman–Crippen LogP) is 2.98. The number of carbonyl (C=O) groups is 1. The van der Waals surface area contributed by atoms with E-state index < -0.39 is 16.0 Å². The van der Waals surface area contributed by atoms with Gasteiger partial charge in [0.2, 0.25) is 0 Å². The van der Waals surface area contributed by atoms with Crippen LogP contribution in [0.2, 0.25) is 0 Å². The van der Waals surface area contributed by atoms with Gasteiger partial charge in [0.1, 0.15) is 11.3 Å². The number of hydrogen-bond donors (Lipinski definition) is 1. The number of rotatable bonds is 5. The van der Waals surface area contributed by atoms with Crippen molar-refractivity contribution >= 4 is 37.6 Å². The average Bonchev–Trinajstić information content (AvgIpc) is 2.54. The Balaban J connectivity index is 2.49. The summed E-state index contributed by atoms with van der Waals surface area (Å²) in [6.07, 6.45) is 0. The van der Waals surface area contributed by atoms with E-state index >= 15 is 0 Å². The van der Waals surface area contributed by atoms with E-state index in [1.807, 2.05) is 0 Å². The number of anilines is 1. The van der Waals surface area contributed by atoms with Crippen LogP contribution in [0.3, 0.4) is 0 Å². The van der Waals surface area contributed by atoms with E-state index in [4.69, 9.17) is 4.74 Å². The molecule has 2 aromatic carbocycles. The van der Waals surface area contributed by atoms with Crippen molar-refractivity contribution in [2.45, 2.75) is 4.90 Å². The largest absolute Gasteiger partial charge is 0.496 e. The summed E-state index contributed by atoms with van der Waals surface area (Å²) in [6, 6.07) is 10.5. The van der Waals surface area contributed by atoms with E-state index in [9.17, 15) is 18.3 Å². The summed E-state index contributed by atoms with van der Waals surface area (Å²) in [5, 5.41) is 9.18. The van der Waals surface area contributed by atoms with Gasteiger partial charge in [-0.15, -0.1) is 0 Å². The van der Waals surface area contributed by atoms with Crippen molar-refractivity contribution in [3.05, 3.63) is 52.5 Å². The third-order valence-electron chi connectivity index (χ3n) is 3.25. The Morgan fingerprint density at radius 3 is 2.30 bits per heavy atom. The van der Waals surface area contributed by atoms with Crippen LogP contribution in [-0.4, -0.2) is 33.7 Å². The maximum Gasteiger partial charge on any atom is 0.339 e. The first-order valence-electron chi connectivity index (χ1n) is 6.43. The van der Waals surface area contributed by atoms with Gasteiger partial charge in [-0.1, -0.05) is 15.9 Å². The normalized spacial score (nSPS) is 11.1. The molecule has 0 amide bonds. The summed E-state index contributed by atoms with van der Waals surface area (Å²) >= 11 is 3.28. The van der Waals surface area contributed by atoms with Gasteiger partial charge >= 0.3 is 5.97 Å². The van der Waals surface area contributed by atoms with Crippen molar-refractivity contribution in [1.82, 2.24) is 0 Å². The van der Waals surface area contributed by atoms with E-state index in [1.54, 1.807) is 24.3 Å². The molecular formula is C15H14BrNO5S. The van der Waals surface area contributed by atoms with Crippen LogP contribution in [0.1, 0.15) is 10.4 Å². The van der Waals surface area contributed by atoms with E-state index in [1.165, 1.54) is 26.3 Å². The van der Waals surface area contributed by atoms with Crippen LogP contribution in [0.15, 0.2) is 51.8 Å². The summed E-state index contributed by atoms with van der Waals surface area (Å²) in [7, 11) is -1.16. The van der Waals surface area contributed by atoms with E-state index in [2.05, 4.69) is 15.9 Å². The van der Waals surface area contributed by atoms with Gasteiger partial charge in [0, 0.05) is 11.5 Å². The lowest BCUT2D eigenvalue weighted by atomic mass is 10.2. The molecule has 0 fully saturated rings. The molecule has 6 nitrogen and oxygen atoms in total. The van der Waals surface area contributed by atoms with Gasteiger partial charge in [-0.3, -0.25) is 4.31 Å². The zero-order valence-corrected chi connectivity index (χ0v) is 14.8. The number of halogens is 1. The number of nitrogens with zero attached hydrogens (tertiary/aromatic N) is 1. The zero-order valence-electron chi connectivity index (χ0n) is 12.4. The van der Waals surface area contributed by atoms with Crippen LogP contribution in [0, 0.1) is 0 Å². The molecule has 1 N–H and O–H groups in total. The van der Waals surface area contributed by atoms with Crippen LogP contribution < -0.4 is 9.04 Å². The van der Waals surface area contributed by atoms with Gasteiger partial charge in [0.25, 0.3) is 10.0 Å². The molecule has 0 aromatic heterocycles. The molecule has 2 rings (SSSR count). The van der Waals surface area contributed by atoms with Crippen molar-refractivity contribution < 1.29 is 23.1 Å². The van der Waals surface area contributed by atoms with E-state index in [0.29, 0.717) is 5.69 Å². The highest BCUT2D eigenvalue weighted by Gasteiger charge is 2.24. The number of ether oxygens (including phenoxy) is 1. The monoisotopic (exact) mass is 399 g/mol. The fourth-order valence-electron chi connectivity index (χ4n) is 1.96. The fraction of sp³-hybridized carbons (Fsp3) is 0.133. The van der Waals surface area contributed by atoms with Crippen molar-refractivity contribution in [1.29, 1.82) is 0 Å². The lowest BCUT2D eigenvalue weighted by Crippen LogP contribution is -2.26. The fourth-order valence-corrected chi connectivity index (χ4v) is 3.45. The first kappa shape index (κ1) is 17.3. The smallest absolute Gasteiger partial charge is 0.339 e. The second-order valence-corrected chi connectivity index (χ2v) is 7.50. The topological polar surface area (TPSA) is 83.9 Å². The molecule has 0 heterocycles. The van der Waals surface area contributed by atoms with Gasteiger partial charge in [0.15, 0.2) is 0 Å². The maximum atomic E-state index is 12.7. The van der Waals surface area contributed by atoms with Crippen molar-refractivity contribution in [3.8, 4) is 5.75 Å². The van der Waals surface area contributed by atoms with Crippen LogP contribution in [-0.2, 0) is 10.0 Å². The van der Waals surface area contributed by atoms with Crippen LogP contribution in [0.4, 0.5) is 5.69 Å². The molecule has 0 aliphatic carbocycles. The Morgan fingerprint density at radius 2 is 1.78 bits per heavy atom. The number of methoxy groups -OCH3 is 1. The molecule has 0 saturated heterocycles. The van der Waals surface area contributed by atoms with Gasteiger partial charge < -0.3 is 9.84 Å². The zero-order chi connectivity index (χ0) is 17.2. The summed E-state index contributed by atoms with van der Waals surface area (Å²) in [5.74, 6) is -1.16. The molecule has 0 unspecified atom stereocenters. The minimum Gasteiger partial charge on any atom is -0.496 e. The predicted molar refractivity (Wildman–Crippen MR) is 89.7 cm³/mol. The molecule has 8 heteroatoms. The van der Waals surface area contributed by atoms with Crippen LogP contribution in [0.5, 0.6) is 5.75 Å². The Labute approximate surface area is 142 Å². The highest BCUT2D eigenvalue weighted by Crippen LogP contribution is 2.27. The lowest BCUT2D eigenvalue weighted by Gasteiger charge is -2.20. The molecule has 0 radical (unpaired) electrons. The number of hydrogen-bond acceptors (Lipinski definition) is 4. The number of carboxylic acid groups (broad SMARTS) is 1. The minimum atomic E-state index is -3.89. The highest BCUT2D eigenvalue weighted by atomic mass is 79.9. The second-order valence-electron chi connectivity index (χ2n) is 4.62. The minimum absolute atomic E-state index is 0.0998. The van der Waals surface area contributed by atoms with Crippen molar-refractivity contribution in [3.63, 3.8) is 0 Å². The maximum absolute atomic E-state index is 12.7. The molecule has 0 saturated carbocycles. The van der Waals surface area contributed by atoms with Crippen LogP contribution >= 0.6 is 15.9 Å². The van der Waals surface area contributed by atoms with Gasteiger partial charge in [-0.2, -0.15) is 0 Å². The van der Waals surface area contributed by atoms with Crippen LogP contribution in [0.25, 0.3) is 0 Å². The quantitative estimate of drug-likeness (QED) is 0.835. The third-order valence-corrected chi connectivity index (χ3v) is 5.56. The number of carboxylic acids is 1.